The summed E-state index contributed by atoms with van der Waals surface area (Å²) < 4.78 is 23.6. The molecule has 0 N–H and O–H groups in total. The van der Waals surface area contributed by atoms with Gasteiger partial charge in [-0.2, -0.15) is 0 Å². The molecular weight excluding hydrogens is 476 g/mol. The van der Waals surface area contributed by atoms with Crippen LogP contribution in [0, 0.1) is 0 Å². The Hall–Kier alpha value is -3.37. The number of ether oxygens (including phenoxy) is 4. The molecule has 0 aliphatic carbocycles. The zero-order chi connectivity index (χ0) is 24.4. The molecule has 0 saturated heterocycles. The van der Waals surface area contributed by atoms with E-state index in [9.17, 15) is 9.59 Å². The van der Waals surface area contributed by atoms with Gasteiger partial charge < -0.3 is 18.9 Å². The highest BCUT2D eigenvalue weighted by atomic mass is 32.1. The van der Waals surface area contributed by atoms with Crippen LogP contribution in [0.1, 0.15) is 30.3 Å². The predicted octanol–water partition coefficient (Wildman–Crippen LogP) is 2.89. The lowest BCUT2D eigenvalue weighted by Gasteiger charge is -2.23. The van der Waals surface area contributed by atoms with Crippen LogP contribution in [0.5, 0.6) is 17.2 Å². The van der Waals surface area contributed by atoms with Gasteiger partial charge in [-0.15, -0.1) is 11.3 Å². The number of hydrogen-bond donors (Lipinski definition) is 0. The van der Waals surface area contributed by atoms with Crippen LogP contribution in [0.2, 0.25) is 0 Å². The van der Waals surface area contributed by atoms with E-state index in [0.717, 1.165) is 4.88 Å². The minimum absolute atomic E-state index is 0.232. The summed E-state index contributed by atoms with van der Waals surface area (Å²) in [5, 5.41) is 1.91. The van der Waals surface area contributed by atoms with Crippen molar-refractivity contribution in [3.63, 3.8) is 0 Å². The summed E-state index contributed by atoms with van der Waals surface area (Å²) in [6.07, 6.45) is 1.74. The van der Waals surface area contributed by atoms with Gasteiger partial charge in [-0.3, -0.25) is 9.36 Å². The second-order valence-corrected chi connectivity index (χ2v) is 9.26. The molecule has 178 valence electrons. The molecule has 1 aliphatic heterocycles. The van der Waals surface area contributed by atoms with Crippen LogP contribution >= 0.6 is 22.7 Å². The summed E-state index contributed by atoms with van der Waals surface area (Å²) in [6, 6.07) is 6.65. The van der Waals surface area contributed by atoms with Gasteiger partial charge in [-0.05, 0) is 37.4 Å². The van der Waals surface area contributed by atoms with E-state index in [2.05, 4.69) is 4.99 Å². The van der Waals surface area contributed by atoms with Gasteiger partial charge in [-0.1, -0.05) is 17.4 Å². The zero-order valence-electron chi connectivity index (χ0n) is 19.4. The van der Waals surface area contributed by atoms with Gasteiger partial charge in [-0.25, -0.2) is 9.79 Å². The maximum atomic E-state index is 13.6. The molecule has 0 amide bonds. The van der Waals surface area contributed by atoms with Crippen molar-refractivity contribution in [3.8, 4) is 17.2 Å². The molecule has 8 nitrogen and oxygen atoms in total. The van der Waals surface area contributed by atoms with Crippen molar-refractivity contribution in [2.24, 2.45) is 4.99 Å². The fourth-order valence-corrected chi connectivity index (χ4v) is 5.68. The van der Waals surface area contributed by atoms with Crippen LogP contribution in [0.25, 0.3) is 6.08 Å². The number of carbonyl (C=O) groups is 1. The second-order valence-electron chi connectivity index (χ2n) is 7.27. The SMILES string of the molecule is CCOC(=O)C1=C(C)N=c2sc(=Cc3cc(OC)c(OC)cc3OC)c(=O)n2C1c1cccs1. The standard InChI is InChI=1S/C24H24N2O6S2/c1-6-32-23(28)20-13(2)25-24-26(21(20)18-8-7-9-33-18)22(27)19(34-24)11-14-10-16(30-4)17(31-5)12-15(14)29-3/h7-12,21H,6H2,1-5H3. The molecule has 2 aromatic heterocycles. The van der Waals surface area contributed by atoms with E-state index in [0.29, 0.717) is 43.4 Å². The molecule has 0 saturated carbocycles. The average Bonchev–Trinajstić information content (AvgIpc) is 3.46. The molecule has 0 bridgehead atoms. The Morgan fingerprint density at radius 1 is 1.15 bits per heavy atom. The molecule has 3 aromatic rings. The highest BCUT2D eigenvalue weighted by molar-refractivity contribution is 7.10. The van der Waals surface area contributed by atoms with E-state index in [1.165, 1.54) is 22.7 Å². The summed E-state index contributed by atoms with van der Waals surface area (Å²) in [7, 11) is 4.64. The Bertz CT molecular complexity index is 1430. The van der Waals surface area contributed by atoms with Gasteiger partial charge >= 0.3 is 5.97 Å². The van der Waals surface area contributed by atoms with E-state index >= 15 is 0 Å². The summed E-state index contributed by atoms with van der Waals surface area (Å²) in [6.45, 7) is 3.75. The van der Waals surface area contributed by atoms with Crippen molar-refractivity contribution >= 4 is 34.7 Å². The minimum atomic E-state index is -0.607. The van der Waals surface area contributed by atoms with Crippen LogP contribution in [-0.2, 0) is 9.53 Å². The summed E-state index contributed by atoms with van der Waals surface area (Å²) in [5.74, 6) is 1.09. The summed E-state index contributed by atoms with van der Waals surface area (Å²) in [5.41, 5.74) is 1.30. The number of benzene rings is 1. The molecule has 1 unspecified atom stereocenters. The molecular formula is C24H24N2O6S2. The number of carbonyl (C=O) groups excluding carboxylic acids is 1. The van der Waals surface area contributed by atoms with Gasteiger partial charge in [0, 0.05) is 16.5 Å². The van der Waals surface area contributed by atoms with E-state index < -0.39 is 12.0 Å². The molecule has 34 heavy (non-hydrogen) atoms. The number of rotatable bonds is 7. The molecule has 4 rings (SSSR count). The van der Waals surface area contributed by atoms with E-state index in [-0.39, 0.29) is 12.2 Å². The second kappa shape index (κ2) is 9.86. The van der Waals surface area contributed by atoms with Crippen LogP contribution in [0.15, 0.2) is 50.7 Å². The lowest BCUT2D eigenvalue weighted by Crippen LogP contribution is -2.39. The van der Waals surface area contributed by atoms with Gasteiger partial charge in [0.1, 0.15) is 11.8 Å². The van der Waals surface area contributed by atoms with E-state index in [4.69, 9.17) is 18.9 Å². The summed E-state index contributed by atoms with van der Waals surface area (Å²) >= 11 is 2.72. The van der Waals surface area contributed by atoms with Crippen LogP contribution in [0.4, 0.5) is 0 Å². The van der Waals surface area contributed by atoms with Gasteiger partial charge in [0.2, 0.25) is 0 Å². The largest absolute Gasteiger partial charge is 0.496 e. The Labute approximate surface area is 204 Å². The molecule has 1 aliphatic rings. The number of thiazole rings is 1. The predicted molar refractivity (Wildman–Crippen MR) is 131 cm³/mol. The number of aromatic nitrogens is 1. The minimum Gasteiger partial charge on any atom is -0.496 e. The van der Waals surface area contributed by atoms with E-state index in [1.54, 1.807) is 58.0 Å². The lowest BCUT2D eigenvalue weighted by atomic mass is 10.0. The van der Waals surface area contributed by atoms with Crippen molar-refractivity contribution in [3.05, 3.63) is 71.0 Å². The quantitative estimate of drug-likeness (QED) is 0.464. The number of hydrogen-bond acceptors (Lipinski definition) is 9. The molecule has 0 fully saturated rings. The van der Waals surface area contributed by atoms with Gasteiger partial charge in [0.05, 0.1) is 43.7 Å². The Morgan fingerprint density at radius 2 is 1.85 bits per heavy atom. The average molecular weight is 501 g/mol. The van der Waals surface area contributed by atoms with Crippen molar-refractivity contribution in [2.45, 2.75) is 19.9 Å². The Morgan fingerprint density at radius 3 is 2.47 bits per heavy atom. The fraction of sp³-hybridized carbons (Fsp3) is 0.292. The summed E-state index contributed by atoms with van der Waals surface area (Å²) in [4.78, 5) is 32.5. The maximum Gasteiger partial charge on any atom is 0.338 e. The van der Waals surface area contributed by atoms with Crippen LogP contribution < -0.4 is 29.1 Å². The molecule has 1 atom stereocenters. The molecule has 1 aromatic carbocycles. The molecule has 3 heterocycles. The number of esters is 1. The fourth-order valence-electron chi connectivity index (χ4n) is 3.81. The molecule has 0 radical (unpaired) electrons. The van der Waals surface area contributed by atoms with Crippen LogP contribution in [0.3, 0.4) is 0 Å². The third kappa shape index (κ3) is 4.14. The number of nitrogens with zero attached hydrogens (tertiary/aromatic N) is 2. The third-order valence-corrected chi connectivity index (χ3v) is 7.26. The highest BCUT2D eigenvalue weighted by Crippen LogP contribution is 2.35. The van der Waals surface area contributed by atoms with Crippen molar-refractivity contribution in [2.75, 3.05) is 27.9 Å². The van der Waals surface area contributed by atoms with Crippen molar-refractivity contribution < 1.29 is 23.7 Å². The number of methoxy groups -OCH3 is 3. The van der Waals surface area contributed by atoms with Crippen molar-refractivity contribution in [1.29, 1.82) is 0 Å². The van der Waals surface area contributed by atoms with Crippen LogP contribution in [-0.4, -0.2) is 38.5 Å². The highest BCUT2D eigenvalue weighted by Gasteiger charge is 2.33. The van der Waals surface area contributed by atoms with Gasteiger partial charge in [0.25, 0.3) is 5.56 Å². The third-order valence-electron chi connectivity index (χ3n) is 5.35. The first-order valence-electron chi connectivity index (χ1n) is 10.5. The zero-order valence-corrected chi connectivity index (χ0v) is 21.0. The smallest absolute Gasteiger partial charge is 0.338 e. The Balaban J connectivity index is 1.94. The monoisotopic (exact) mass is 500 g/mol. The van der Waals surface area contributed by atoms with Crippen molar-refractivity contribution in [1.82, 2.24) is 4.57 Å². The number of thiophene rings is 1. The normalized spacial score (nSPS) is 15.6. The van der Waals surface area contributed by atoms with E-state index in [1.807, 2.05) is 17.5 Å². The Kier molecular flexibility index (Phi) is 6.90. The number of fused-ring (bicyclic) bond motifs is 1. The first-order chi connectivity index (χ1) is 16.4. The lowest BCUT2D eigenvalue weighted by molar-refractivity contribution is -0.139. The molecule has 0 spiro atoms. The van der Waals surface area contributed by atoms with Gasteiger partial charge in [0.15, 0.2) is 16.3 Å². The molecule has 10 heteroatoms. The maximum absolute atomic E-state index is 13.6. The topological polar surface area (TPSA) is 88.4 Å². The first-order valence-corrected chi connectivity index (χ1v) is 12.2. The first kappa shape index (κ1) is 23.8. The number of allylic oxidation sites excluding steroid dienone is 1.